The van der Waals surface area contributed by atoms with Crippen LogP contribution < -0.4 is 16.0 Å². The summed E-state index contributed by atoms with van der Waals surface area (Å²) in [6.07, 6.45) is -1.48. The van der Waals surface area contributed by atoms with Crippen molar-refractivity contribution in [2.75, 3.05) is 19.7 Å². The van der Waals surface area contributed by atoms with Gasteiger partial charge >= 0.3 is 6.36 Å². The van der Waals surface area contributed by atoms with Gasteiger partial charge in [-0.2, -0.15) is 0 Å². The molecular formula is C17H24F3N3O4. The van der Waals surface area contributed by atoms with Crippen molar-refractivity contribution < 1.29 is 32.3 Å². The second kappa shape index (κ2) is 8.14. The number of ketones is 1. The van der Waals surface area contributed by atoms with Crippen LogP contribution in [0.15, 0.2) is 0 Å². The molecular weight excluding hydrogens is 367 g/mol. The second-order valence-corrected chi connectivity index (χ2v) is 7.51. The molecule has 2 amide bonds. The number of halogens is 3. The van der Waals surface area contributed by atoms with Crippen LogP contribution in [-0.4, -0.2) is 55.7 Å². The van der Waals surface area contributed by atoms with Crippen molar-refractivity contribution >= 4 is 17.6 Å². The first-order valence-corrected chi connectivity index (χ1v) is 9.29. The molecule has 3 fully saturated rings. The number of rotatable bonds is 7. The third-order valence-corrected chi connectivity index (χ3v) is 5.79. The summed E-state index contributed by atoms with van der Waals surface area (Å²) in [7, 11) is 0. The van der Waals surface area contributed by atoms with Crippen molar-refractivity contribution in [2.24, 2.45) is 17.8 Å². The van der Waals surface area contributed by atoms with Crippen LogP contribution in [0.3, 0.4) is 0 Å². The van der Waals surface area contributed by atoms with Crippen LogP contribution in [0.4, 0.5) is 13.2 Å². The number of carbonyl (C=O) groups is 3. The van der Waals surface area contributed by atoms with Gasteiger partial charge in [0.25, 0.3) is 0 Å². The molecule has 2 heterocycles. The van der Waals surface area contributed by atoms with E-state index in [-0.39, 0.29) is 18.2 Å². The van der Waals surface area contributed by atoms with Gasteiger partial charge < -0.3 is 16.0 Å². The highest BCUT2D eigenvalue weighted by Crippen LogP contribution is 2.37. The molecule has 0 aromatic rings. The lowest BCUT2D eigenvalue weighted by Gasteiger charge is -2.24. The highest BCUT2D eigenvalue weighted by Gasteiger charge is 2.43. The van der Waals surface area contributed by atoms with Gasteiger partial charge in [-0.25, -0.2) is 0 Å². The highest BCUT2D eigenvalue weighted by atomic mass is 19.4. The van der Waals surface area contributed by atoms with Crippen LogP contribution in [0.1, 0.15) is 32.1 Å². The normalized spacial score (nSPS) is 31.4. The summed E-state index contributed by atoms with van der Waals surface area (Å²) < 4.78 is 40.4. The standard InChI is InChI=1S/C17H24F3N3O4/c18-17(19,20)27-8-13(24)12(6-9-4-5-21-15(9)25)23-16(26)14-11-3-1-2-10(11)7-22-14/h9-12,14,22H,1-8H2,(H,21,25)(H,23,26)/t9-,10?,11?,12-,14?/m0/s1. The lowest BCUT2D eigenvalue weighted by molar-refractivity contribution is -0.321. The SMILES string of the molecule is O=C(N[C@@H](C[C@@H]1CCNC1=O)C(=O)COC(F)(F)F)C1NCC2CCCC21. The number of hydrogen-bond acceptors (Lipinski definition) is 5. The number of alkyl halides is 3. The number of carbonyl (C=O) groups excluding carboxylic acids is 3. The minimum Gasteiger partial charge on any atom is -0.356 e. The highest BCUT2D eigenvalue weighted by molar-refractivity contribution is 5.92. The summed E-state index contributed by atoms with van der Waals surface area (Å²) in [5, 5.41) is 8.35. The Balaban J connectivity index is 1.64. The van der Waals surface area contributed by atoms with E-state index in [0.717, 1.165) is 25.8 Å². The molecule has 2 saturated heterocycles. The molecule has 1 aliphatic carbocycles. The van der Waals surface area contributed by atoms with E-state index in [1.54, 1.807) is 0 Å². The average Bonchev–Trinajstić information content (AvgIpc) is 3.28. The smallest absolute Gasteiger partial charge is 0.356 e. The second-order valence-electron chi connectivity index (χ2n) is 7.51. The Morgan fingerprint density at radius 2 is 2.04 bits per heavy atom. The van der Waals surface area contributed by atoms with Gasteiger partial charge in [-0.15, -0.1) is 13.2 Å². The molecule has 7 nitrogen and oxygen atoms in total. The fraction of sp³-hybridized carbons (Fsp3) is 0.824. The largest absolute Gasteiger partial charge is 0.522 e. The van der Waals surface area contributed by atoms with E-state index in [2.05, 4.69) is 20.7 Å². The van der Waals surface area contributed by atoms with Gasteiger partial charge in [0.05, 0.1) is 12.1 Å². The first kappa shape index (κ1) is 20.1. The fourth-order valence-corrected chi connectivity index (χ4v) is 4.41. The maximum absolute atomic E-state index is 12.7. The monoisotopic (exact) mass is 391 g/mol. The van der Waals surface area contributed by atoms with Gasteiger partial charge in [-0.05, 0) is 44.1 Å². The Hall–Kier alpha value is -1.68. The van der Waals surface area contributed by atoms with Gasteiger partial charge in [0.15, 0.2) is 5.78 Å². The molecule has 10 heteroatoms. The first-order chi connectivity index (χ1) is 12.7. The topological polar surface area (TPSA) is 96.5 Å². The number of fused-ring (bicyclic) bond motifs is 1. The van der Waals surface area contributed by atoms with Crippen LogP contribution in [0.2, 0.25) is 0 Å². The van der Waals surface area contributed by atoms with Crippen LogP contribution in [0, 0.1) is 17.8 Å². The molecule has 0 radical (unpaired) electrons. The van der Waals surface area contributed by atoms with Gasteiger partial charge in [-0.1, -0.05) is 6.42 Å². The lowest BCUT2D eigenvalue weighted by atomic mass is 9.92. The summed E-state index contributed by atoms with van der Waals surface area (Å²) in [6.45, 7) is -0.0120. The summed E-state index contributed by atoms with van der Waals surface area (Å²) in [4.78, 5) is 36.7. The maximum Gasteiger partial charge on any atom is 0.522 e. The Bertz CT molecular complexity index is 598. The summed E-state index contributed by atoms with van der Waals surface area (Å²) >= 11 is 0. The lowest BCUT2D eigenvalue weighted by Crippen LogP contribution is -2.51. The quantitative estimate of drug-likeness (QED) is 0.587. The average molecular weight is 391 g/mol. The first-order valence-electron chi connectivity index (χ1n) is 9.29. The van der Waals surface area contributed by atoms with Crippen molar-refractivity contribution in [3.8, 4) is 0 Å². The minimum absolute atomic E-state index is 0.0293. The molecule has 27 heavy (non-hydrogen) atoms. The zero-order valence-electron chi connectivity index (χ0n) is 14.8. The number of hydrogen-bond donors (Lipinski definition) is 3. The molecule has 2 aliphatic heterocycles. The van der Waals surface area contributed by atoms with E-state index >= 15 is 0 Å². The third kappa shape index (κ3) is 4.98. The zero-order valence-corrected chi connectivity index (χ0v) is 14.8. The predicted molar refractivity (Wildman–Crippen MR) is 87.3 cm³/mol. The summed E-state index contributed by atoms with van der Waals surface area (Å²) in [6, 6.07) is -1.63. The van der Waals surface area contributed by atoms with Gasteiger partial charge in [0, 0.05) is 12.5 Å². The molecule has 3 N–H and O–H groups in total. The maximum atomic E-state index is 12.7. The molecule has 0 spiro atoms. The molecule has 152 valence electrons. The van der Waals surface area contributed by atoms with E-state index in [9.17, 15) is 27.6 Å². The van der Waals surface area contributed by atoms with Crippen LogP contribution in [-0.2, 0) is 19.1 Å². The van der Waals surface area contributed by atoms with Crippen LogP contribution in [0.25, 0.3) is 0 Å². The molecule has 0 aromatic heterocycles. The number of nitrogens with one attached hydrogen (secondary N) is 3. The summed E-state index contributed by atoms with van der Waals surface area (Å²) in [5.41, 5.74) is 0. The van der Waals surface area contributed by atoms with Crippen molar-refractivity contribution in [1.29, 1.82) is 0 Å². The van der Waals surface area contributed by atoms with E-state index in [1.807, 2.05) is 0 Å². The van der Waals surface area contributed by atoms with Crippen molar-refractivity contribution in [3.05, 3.63) is 0 Å². The molecule has 3 unspecified atom stereocenters. The fourth-order valence-electron chi connectivity index (χ4n) is 4.41. The van der Waals surface area contributed by atoms with E-state index in [4.69, 9.17) is 0 Å². The van der Waals surface area contributed by atoms with Crippen LogP contribution in [0.5, 0.6) is 0 Å². The summed E-state index contributed by atoms with van der Waals surface area (Å²) in [5.74, 6) is -1.45. The molecule has 5 atom stereocenters. The van der Waals surface area contributed by atoms with E-state index < -0.39 is 42.7 Å². The van der Waals surface area contributed by atoms with Gasteiger partial charge in [0.2, 0.25) is 11.8 Å². The Labute approximate surface area is 154 Å². The number of amides is 2. The number of Topliss-reactive ketones (excluding diaryl/α,β-unsaturated/α-hetero) is 1. The van der Waals surface area contributed by atoms with Gasteiger partial charge in [0.1, 0.15) is 6.61 Å². The zero-order chi connectivity index (χ0) is 19.6. The minimum atomic E-state index is -4.93. The Morgan fingerprint density at radius 3 is 2.70 bits per heavy atom. The number of ether oxygens (including phenoxy) is 1. The van der Waals surface area contributed by atoms with Gasteiger partial charge in [-0.3, -0.25) is 19.1 Å². The molecule has 1 saturated carbocycles. The third-order valence-electron chi connectivity index (χ3n) is 5.79. The molecule has 0 aromatic carbocycles. The van der Waals surface area contributed by atoms with Crippen molar-refractivity contribution in [2.45, 2.75) is 50.6 Å². The van der Waals surface area contributed by atoms with Crippen LogP contribution >= 0.6 is 0 Å². The molecule has 0 bridgehead atoms. The Morgan fingerprint density at radius 1 is 1.26 bits per heavy atom. The molecule has 3 rings (SSSR count). The van der Waals surface area contributed by atoms with Crippen molar-refractivity contribution in [3.63, 3.8) is 0 Å². The van der Waals surface area contributed by atoms with E-state index in [1.165, 1.54) is 0 Å². The predicted octanol–water partition coefficient (Wildman–Crippen LogP) is 0.491. The molecule has 3 aliphatic rings. The Kier molecular flexibility index (Phi) is 6.05. The van der Waals surface area contributed by atoms with E-state index in [0.29, 0.717) is 18.9 Å². The van der Waals surface area contributed by atoms with Crippen molar-refractivity contribution in [1.82, 2.24) is 16.0 Å².